The summed E-state index contributed by atoms with van der Waals surface area (Å²) in [6.07, 6.45) is 3.77. The Morgan fingerprint density at radius 2 is 1.65 bits per heavy atom. The average molecular weight is 498 g/mol. The molecule has 3 aromatic rings. The van der Waals surface area contributed by atoms with Gasteiger partial charge in [-0.1, -0.05) is 18.2 Å². The Bertz CT molecular complexity index is 1310. The number of nitrogens with zero attached hydrogens (tertiary/aromatic N) is 7. The highest BCUT2D eigenvalue weighted by atomic mass is 16.2. The number of carbonyl (C=O) groups excluding carboxylic acids is 1. The standard InChI is InChI=1S/C29H35N7O/c1-22-18-23(2)26(28(37)35-14-16-36(17-15-35)29-31-8-9-32(29)3)19-25(22)21-33-10-12-34(13-11-33)27-7-5-4-6-24(27)20-30/h4-9,18-19H,10-17,21H2,1-3H3. The molecule has 1 amide bonds. The molecule has 2 aliphatic heterocycles. The van der Waals surface area contributed by atoms with E-state index in [-0.39, 0.29) is 5.91 Å². The zero-order valence-electron chi connectivity index (χ0n) is 22.0. The number of rotatable bonds is 5. The minimum atomic E-state index is 0.121. The van der Waals surface area contributed by atoms with Gasteiger partial charge in [0.15, 0.2) is 0 Å². The lowest BCUT2D eigenvalue weighted by Gasteiger charge is -2.37. The van der Waals surface area contributed by atoms with Gasteiger partial charge in [-0.05, 0) is 48.7 Å². The summed E-state index contributed by atoms with van der Waals surface area (Å²) >= 11 is 0. The van der Waals surface area contributed by atoms with Crippen molar-refractivity contribution in [2.75, 3.05) is 62.2 Å². The molecule has 0 N–H and O–H groups in total. The highest BCUT2D eigenvalue weighted by Crippen LogP contribution is 2.24. The van der Waals surface area contributed by atoms with Crippen LogP contribution in [0.1, 0.15) is 32.6 Å². The minimum absolute atomic E-state index is 0.121. The molecule has 1 aromatic heterocycles. The quantitative estimate of drug-likeness (QED) is 0.539. The highest BCUT2D eigenvalue weighted by molar-refractivity contribution is 5.96. The topological polar surface area (TPSA) is 71.6 Å². The van der Waals surface area contributed by atoms with Crippen molar-refractivity contribution in [1.29, 1.82) is 5.26 Å². The number of anilines is 2. The van der Waals surface area contributed by atoms with Crippen LogP contribution in [-0.4, -0.2) is 77.6 Å². The molecular formula is C29H35N7O. The van der Waals surface area contributed by atoms with Gasteiger partial charge in [0.2, 0.25) is 5.95 Å². The first-order valence-corrected chi connectivity index (χ1v) is 13.0. The second kappa shape index (κ2) is 10.7. The van der Waals surface area contributed by atoms with E-state index >= 15 is 0 Å². The van der Waals surface area contributed by atoms with Crippen molar-refractivity contribution in [2.24, 2.45) is 7.05 Å². The van der Waals surface area contributed by atoms with Crippen molar-refractivity contribution >= 4 is 17.5 Å². The zero-order chi connectivity index (χ0) is 25.9. The Labute approximate surface area is 219 Å². The van der Waals surface area contributed by atoms with Crippen molar-refractivity contribution in [2.45, 2.75) is 20.4 Å². The second-order valence-electron chi connectivity index (χ2n) is 10.1. The van der Waals surface area contributed by atoms with E-state index in [0.29, 0.717) is 13.1 Å². The van der Waals surface area contributed by atoms with Crippen LogP contribution in [0.4, 0.5) is 11.6 Å². The number of imidazole rings is 1. The molecule has 2 aliphatic rings. The number of hydrogen-bond acceptors (Lipinski definition) is 6. The van der Waals surface area contributed by atoms with Gasteiger partial charge in [0.1, 0.15) is 6.07 Å². The number of nitriles is 1. The first kappa shape index (κ1) is 24.8. The molecule has 0 radical (unpaired) electrons. The summed E-state index contributed by atoms with van der Waals surface area (Å²) in [4.78, 5) is 27.0. The molecular weight excluding hydrogens is 462 g/mol. The summed E-state index contributed by atoms with van der Waals surface area (Å²) in [5.74, 6) is 1.08. The molecule has 37 heavy (non-hydrogen) atoms. The molecule has 8 heteroatoms. The van der Waals surface area contributed by atoms with Gasteiger partial charge in [-0.15, -0.1) is 0 Å². The first-order chi connectivity index (χ1) is 17.9. The van der Waals surface area contributed by atoms with Gasteiger partial charge in [0.25, 0.3) is 5.91 Å². The summed E-state index contributed by atoms with van der Waals surface area (Å²) < 4.78 is 2.02. The third-order valence-electron chi connectivity index (χ3n) is 7.69. The van der Waals surface area contributed by atoms with Crippen molar-refractivity contribution in [3.8, 4) is 6.07 Å². The lowest BCUT2D eigenvalue weighted by Crippen LogP contribution is -2.49. The van der Waals surface area contributed by atoms with Crippen molar-refractivity contribution in [3.05, 3.63) is 76.6 Å². The number of piperazine rings is 2. The fourth-order valence-electron chi connectivity index (χ4n) is 5.47. The number of benzene rings is 2. The van der Waals surface area contributed by atoms with E-state index in [1.165, 1.54) is 11.1 Å². The predicted octanol–water partition coefficient (Wildman–Crippen LogP) is 3.19. The summed E-state index contributed by atoms with van der Waals surface area (Å²) in [5.41, 5.74) is 6.04. The van der Waals surface area contributed by atoms with Gasteiger partial charge in [-0.2, -0.15) is 5.26 Å². The molecule has 192 valence electrons. The Balaban J connectivity index is 1.23. The Kier molecular flexibility index (Phi) is 7.15. The molecule has 5 rings (SSSR count). The minimum Gasteiger partial charge on any atom is -0.368 e. The summed E-state index contributed by atoms with van der Waals surface area (Å²) in [6.45, 7) is 11.6. The fourth-order valence-corrected chi connectivity index (χ4v) is 5.47. The van der Waals surface area contributed by atoms with Crippen LogP contribution in [-0.2, 0) is 13.6 Å². The third-order valence-corrected chi connectivity index (χ3v) is 7.69. The number of para-hydroxylation sites is 1. The maximum Gasteiger partial charge on any atom is 0.254 e. The van der Waals surface area contributed by atoms with Crippen LogP contribution in [0.3, 0.4) is 0 Å². The van der Waals surface area contributed by atoms with Gasteiger partial charge < -0.3 is 19.3 Å². The van der Waals surface area contributed by atoms with E-state index in [4.69, 9.17) is 0 Å². The summed E-state index contributed by atoms with van der Waals surface area (Å²) in [5, 5.41) is 9.46. The van der Waals surface area contributed by atoms with Gasteiger partial charge in [0, 0.05) is 83.9 Å². The number of amides is 1. The molecule has 0 bridgehead atoms. The maximum atomic E-state index is 13.5. The normalized spacial score (nSPS) is 16.6. The molecule has 0 saturated carbocycles. The first-order valence-electron chi connectivity index (χ1n) is 13.0. The van der Waals surface area contributed by atoms with Crippen LogP contribution in [0.25, 0.3) is 0 Å². The van der Waals surface area contributed by atoms with Gasteiger partial charge in [0.05, 0.1) is 11.3 Å². The van der Waals surface area contributed by atoms with E-state index in [9.17, 15) is 10.1 Å². The van der Waals surface area contributed by atoms with Crippen LogP contribution < -0.4 is 9.80 Å². The molecule has 0 aliphatic carbocycles. The van der Waals surface area contributed by atoms with Crippen LogP contribution >= 0.6 is 0 Å². The smallest absolute Gasteiger partial charge is 0.254 e. The zero-order valence-corrected chi connectivity index (χ0v) is 22.0. The van der Waals surface area contributed by atoms with E-state index in [1.807, 2.05) is 60.1 Å². The van der Waals surface area contributed by atoms with Crippen LogP contribution in [0.5, 0.6) is 0 Å². The van der Waals surface area contributed by atoms with Crippen molar-refractivity contribution in [1.82, 2.24) is 19.4 Å². The third kappa shape index (κ3) is 5.18. The molecule has 2 fully saturated rings. The molecule has 2 aromatic carbocycles. The number of aryl methyl sites for hydroxylation is 3. The van der Waals surface area contributed by atoms with Crippen molar-refractivity contribution < 1.29 is 4.79 Å². The molecule has 3 heterocycles. The fraction of sp³-hybridized carbons (Fsp3) is 0.414. The molecule has 2 saturated heterocycles. The average Bonchev–Trinajstić information content (AvgIpc) is 3.36. The van der Waals surface area contributed by atoms with Crippen molar-refractivity contribution in [3.63, 3.8) is 0 Å². The number of carbonyl (C=O) groups is 1. The SMILES string of the molecule is Cc1cc(C)c(C(=O)N2CCN(c3nccn3C)CC2)cc1CN1CCN(c2ccccc2C#N)CC1. The monoisotopic (exact) mass is 497 g/mol. The van der Waals surface area contributed by atoms with Gasteiger partial charge >= 0.3 is 0 Å². The predicted molar refractivity (Wildman–Crippen MR) is 146 cm³/mol. The molecule has 0 spiro atoms. The van der Waals surface area contributed by atoms with Crippen LogP contribution in [0, 0.1) is 25.2 Å². The largest absolute Gasteiger partial charge is 0.368 e. The summed E-state index contributed by atoms with van der Waals surface area (Å²) in [7, 11) is 2.00. The number of hydrogen-bond donors (Lipinski definition) is 0. The summed E-state index contributed by atoms with van der Waals surface area (Å²) in [6, 6.07) is 14.4. The lowest BCUT2D eigenvalue weighted by atomic mass is 9.98. The molecule has 0 unspecified atom stereocenters. The van der Waals surface area contributed by atoms with Gasteiger partial charge in [-0.3, -0.25) is 9.69 Å². The van der Waals surface area contributed by atoms with E-state index in [1.54, 1.807) is 0 Å². The van der Waals surface area contributed by atoms with E-state index < -0.39 is 0 Å². The Morgan fingerprint density at radius 1 is 0.946 bits per heavy atom. The van der Waals surface area contributed by atoms with Crippen LogP contribution in [0.15, 0.2) is 48.8 Å². The Morgan fingerprint density at radius 3 is 2.32 bits per heavy atom. The van der Waals surface area contributed by atoms with Gasteiger partial charge in [-0.25, -0.2) is 4.98 Å². The second-order valence-corrected chi connectivity index (χ2v) is 10.1. The molecule has 8 nitrogen and oxygen atoms in total. The number of aromatic nitrogens is 2. The van der Waals surface area contributed by atoms with Crippen LogP contribution in [0.2, 0.25) is 0 Å². The molecule has 0 atom stereocenters. The highest BCUT2D eigenvalue weighted by Gasteiger charge is 2.26. The van der Waals surface area contributed by atoms with E-state index in [0.717, 1.165) is 74.1 Å². The lowest BCUT2D eigenvalue weighted by molar-refractivity contribution is 0.0745. The Hall–Kier alpha value is -3.83. The van der Waals surface area contributed by atoms with E-state index in [2.05, 4.69) is 44.8 Å². The maximum absolute atomic E-state index is 13.5.